The fourth-order valence-electron chi connectivity index (χ4n) is 1.88. The van der Waals surface area contributed by atoms with Crippen molar-refractivity contribution in [3.05, 3.63) is 18.2 Å². The summed E-state index contributed by atoms with van der Waals surface area (Å²) < 4.78 is 5.68. The highest BCUT2D eigenvalue weighted by atomic mass is 16.5. The van der Waals surface area contributed by atoms with Crippen LogP contribution in [-0.2, 0) is 0 Å². The number of β-amino-alcohol motifs (C(OH)–C–C–N with tert-alkyl or cyclic N) is 1. The highest BCUT2D eigenvalue weighted by molar-refractivity contribution is 5.66. The Kier molecular flexibility index (Phi) is 2.68. The van der Waals surface area contributed by atoms with Gasteiger partial charge in [0.2, 0.25) is 0 Å². The summed E-state index contributed by atoms with van der Waals surface area (Å²) >= 11 is 0. The van der Waals surface area contributed by atoms with Crippen LogP contribution in [0.4, 0.5) is 11.4 Å². The Balaban J connectivity index is 2.34. The zero-order chi connectivity index (χ0) is 10.8. The molecule has 15 heavy (non-hydrogen) atoms. The number of nitrogen functional groups attached to an aromatic ring is 1. The van der Waals surface area contributed by atoms with Gasteiger partial charge in [-0.1, -0.05) is 0 Å². The first-order chi connectivity index (χ1) is 7.20. The van der Waals surface area contributed by atoms with Crippen LogP contribution in [-0.4, -0.2) is 30.9 Å². The maximum Gasteiger partial charge on any atom is 0.143 e. The molecule has 1 atom stereocenters. The molecule has 1 aliphatic heterocycles. The van der Waals surface area contributed by atoms with Crippen LogP contribution in [0.15, 0.2) is 18.2 Å². The van der Waals surface area contributed by atoms with Crippen LogP contribution in [0.25, 0.3) is 0 Å². The van der Waals surface area contributed by atoms with Crippen LogP contribution in [0.1, 0.15) is 6.92 Å². The lowest BCUT2D eigenvalue weighted by Gasteiger charge is -2.34. The number of rotatable bonds is 2. The molecule has 0 fully saturated rings. The quantitative estimate of drug-likeness (QED) is 0.707. The lowest BCUT2D eigenvalue weighted by Crippen LogP contribution is -2.39. The Labute approximate surface area is 89.3 Å². The van der Waals surface area contributed by atoms with E-state index >= 15 is 0 Å². The van der Waals surface area contributed by atoms with Crippen molar-refractivity contribution in [3.8, 4) is 5.75 Å². The molecule has 0 saturated carbocycles. The number of nitrogens with two attached hydrogens (primary N) is 1. The van der Waals surface area contributed by atoms with E-state index in [0.29, 0.717) is 6.54 Å². The second kappa shape index (κ2) is 3.98. The van der Waals surface area contributed by atoms with Gasteiger partial charge in [-0.15, -0.1) is 0 Å². The van der Waals surface area contributed by atoms with Gasteiger partial charge in [0.25, 0.3) is 0 Å². The molecule has 1 aromatic rings. The normalized spacial score (nSPS) is 19.6. The van der Waals surface area contributed by atoms with Crippen molar-refractivity contribution in [1.29, 1.82) is 0 Å². The molecule has 0 aliphatic carbocycles. The third kappa shape index (κ3) is 1.99. The van der Waals surface area contributed by atoms with Gasteiger partial charge in [-0.25, -0.2) is 0 Å². The maximum absolute atomic E-state index is 8.99. The lowest BCUT2D eigenvalue weighted by molar-refractivity contribution is 0.207. The van der Waals surface area contributed by atoms with E-state index in [1.807, 2.05) is 25.1 Å². The Morgan fingerprint density at radius 2 is 2.40 bits per heavy atom. The van der Waals surface area contributed by atoms with Crippen molar-refractivity contribution in [3.63, 3.8) is 0 Å². The Bertz CT molecular complexity index is 354. The first-order valence-electron chi connectivity index (χ1n) is 5.12. The average molecular weight is 208 g/mol. The van der Waals surface area contributed by atoms with Crippen molar-refractivity contribution < 1.29 is 9.84 Å². The Morgan fingerprint density at radius 1 is 1.60 bits per heavy atom. The minimum Gasteiger partial charge on any atom is -0.487 e. The predicted octanol–water partition coefficient (Wildman–Crippen LogP) is 0.848. The van der Waals surface area contributed by atoms with Gasteiger partial charge in [-0.3, -0.25) is 0 Å². The molecule has 0 radical (unpaired) electrons. The largest absolute Gasteiger partial charge is 0.487 e. The molecule has 4 nitrogen and oxygen atoms in total. The summed E-state index contributed by atoms with van der Waals surface area (Å²) in [5, 5.41) is 8.99. The molecule has 0 aromatic heterocycles. The summed E-state index contributed by atoms with van der Waals surface area (Å²) in [4.78, 5) is 2.10. The zero-order valence-electron chi connectivity index (χ0n) is 8.81. The molecule has 1 heterocycles. The van der Waals surface area contributed by atoms with E-state index in [1.54, 1.807) is 0 Å². The number of benzene rings is 1. The van der Waals surface area contributed by atoms with Crippen LogP contribution in [0, 0.1) is 0 Å². The van der Waals surface area contributed by atoms with Crippen molar-refractivity contribution in [2.24, 2.45) is 0 Å². The molecule has 1 aliphatic rings. The van der Waals surface area contributed by atoms with E-state index in [4.69, 9.17) is 15.6 Å². The van der Waals surface area contributed by atoms with Crippen molar-refractivity contribution in [1.82, 2.24) is 0 Å². The molecule has 0 spiro atoms. The highest BCUT2D eigenvalue weighted by Crippen LogP contribution is 2.34. The van der Waals surface area contributed by atoms with Crippen LogP contribution < -0.4 is 15.4 Å². The molecule has 1 unspecified atom stereocenters. The molecule has 2 rings (SSSR count). The minimum atomic E-state index is 0.140. The number of anilines is 2. The van der Waals surface area contributed by atoms with E-state index in [9.17, 15) is 0 Å². The van der Waals surface area contributed by atoms with Crippen molar-refractivity contribution >= 4 is 11.4 Å². The molecule has 4 heteroatoms. The monoisotopic (exact) mass is 208 g/mol. The Morgan fingerprint density at radius 3 is 3.13 bits per heavy atom. The average Bonchev–Trinajstić information content (AvgIpc) is 2.19. The smallest absolute Gasteiger partial charge is 0.143 e. The van der Waals surface area contributed by atoms with Gasteiger partial charge in [-0.2, -0.15) is 0 Å². The number of ether oxygens (including phenoxy) is 1. The number of aliphatic hydroxyl groups is 1. The second-order valence-electron chi connectivity index (χ2n) is 3.83. The molecular weight excluding hydrogens is 192 g/mol. The lowest BCUT2D eigenvalue weighted by atomic mass is 10.2. The van der Waals surface area contributed by atoms with Gasteiger partial charge in [-0.05, 0) is 25.1 Å². The summed E-state index contributed by atoms with van der Waals surface area (Å²) in [6, 6.07) is 5.59. The topological polar surface area (TPSA) is 58.7 Å². The third-order valence-corrected chi connectivity index (χ3v) is 2.50. The van der Waals surface area contributed by atoms with E-state index < -0.39 is 0 Å². The van der Waals surface area contributed by atoms with Gasteiger partial charge in [0, 0.05) is 12.2 Å². The van der Waals surface area contributed by atoms with Crippen LogP contribution in [0.2, 0.25) is 0 Å². The third-order valence-electron chi connectivity index (χ3n) is 2.50. The fraction of sp³-hybridized carbons (Fsp3) is 0.455. The first-order valence-corrected chi connectivity index (χ1v) is 5.12. The molecule has 0 amide bonds. The number of aliphatic hydroxyl groups excluding tert-OH is 1. The number of nitrogens with zero attached hydrogens (tertiary/aromatic N) is 1. The van der Waals surface area contributed by atoms with Crippen LogP contribution in [0.3, 0.4) is 0 Å². The molecule has 1 aromatic carbocycles. The van der Waals surface area contributed by atoms with E-state index in [-0.39, 0.29) is 12.7 Å². The van der Waals surface area contributed by atoms with Crippen LogP contribution >= 0.6 is 0 Å². The van der Waals surface area contributed by atoms with Gasteiger partial charge in [0.15, 0.2) is 0 Å². The molecule has 0 saturated heterocycles. The highest BCUT2D eigenvalue weighted by Gasteiger charge is 2.22. The van der Waals surface area contributed by atoms with E-state index in [0.717, 1.165) is 23.7 Å². The standard InChI is InChI=1S/C11H16N2O2/c1-8-7-13(4-5-14)10-6-9(12)2-3-11(10)15-8/h2-3,6,8,14H,4-5,7,12H2,1H3. The molecular formula is C11H16N2O2. The summed E-state index contributed by atoms with van der Waals surface area (Å²) in [6.45, 7) is 3.56. The minimum absolute atomic E-state index is 0.140. The SMILES string of the molecule is CC1CN(CCO)c2cc(N)ccc2O1. The van der Waals surface area contributed by atoms with Crippen molar-refractivity contribution in [2.75, 3.05) is 30.3 Å². The predicted molar refractivity (Wildman–Crippen MR) is 60.2 cm³/mol. The van der Waals surface area contributed by atoms with Crippen LogP contribution in [0.5, 0.6) is 5.75 Å². The van der Waals surface area contributed by atoms with Gasteiger partial charge < -0.3 is 20.5 Å². The molecule has 82 valence electrons. The molecule has 3 N–H and O–H groups in total. The fourth-order valence-corrected chi connectivity index (χ4v) is 1.88. The van der Waals surface area contributed by atoms with Gasteiger partial charge in [0.1, 0.15) is 11.9 Å². The van der Waals surface area contributed by atoms with Crippen molar-refractivity contribution in [2.45, 2.75) is 13.0 Å². The summed E-state index contributed by atoms with van der Waals surface area (Å²) in [6.07, 6.45) is 0.146. The zero-order valence-corrected chi connectivity index (χ0v) is 8.81. The number of hydrogen-bond donors (Lipinski definition) is 2. The van der Waals surface area contributed by atoms with Gasteiger partial charge in [0.05, 0.1) is 18.8 Å². The first kappa shape index (κ1) is 10.1. The van der Waals surface area contributed by atoms with E-state index in [1.165, 1.54) is 0 Å². The maximum atomic E-state index is 8.99. The number of hydrogen-bond acceptors (Lipinski definition) is 4. The summed E-state index contributed by atoms with van der Waals surface area (Å²) in [5.41, 5.74) is 7.42. The number of fused-ring (bicyclic) bond motifs is 1. The van der Waals surface area contributed by atoms with E-state index in [2.05, 4.69) is 4.90 Å². The summed E-state index contributed by atoms with van der Waals surface area (Å²) in [5.74, 6) is 0.844. The Hall–Kier alpha value is -1.42. The molecule has 0 bridgehead atoms. The second-order valence-corrected chi connectivity index (χ2v) is 3.83. The van der Waals surface area contributed by atoms with Gasteiger partial charge >= 0.3 is 0 Å². The summed E-state index contributed by atoms with van der Waals surface area (Å²) in [7, 11) is 0.